The Hall–Kier alpha value is -1.52. The van der Waals surface area contributed by atoms with E-state index in [2.05, 4.69) is 64.6 Å². The summed E-state index contributed by atoms with van der Waals surface area (Å²) in [4.78, 5) is 0. The second kappa shape index (κ2) is 10.1. The fourth-order valence-corrected chi connectivity index (χ4v) is 4.32. The first-order valence-electron chi connectivity index (χ1n) is 9.94. The highest BCUT2D eigenvalue weighted by molar-refractivity contribution is 9.10. The maximum atomic E-state index is 6.07. The number of halogens is 1. The van der Waals surface area contributed by atoms with E-state index in [1.165, 1.54) is 49.7 Å². The number of methoxy groups -OCH3 is 1. The molecule has 0 heterocycles. The minimum Gasteiger partial charge on any atom is -0.493 e. The molecule has 0 amide bonds. The van der Waals surface area contributed by atoms with Gasteiger partial charge in [-0.2, -0.15) is 0 Å². The SMILES string of the molecule is COc1cc(CNC2CCCCCC2)cc(Br)c1OCc1cccc(C)c1. The molecule has 0 saturated heterocycles. The molecule has 0 unspecified atom stereocenters. The highest BCUT2D eigenvalue weighted by Gasteiger charge is 2.15. The van der Waals surface area contributed by atoms with Crippen molar-refractivity contribution < 1.29 is 9.47 Å². The molecule has 0 aliphatic heterocycles. The molecule has 0 radical (unpaired) electrons. The number of benzene rings is 2. The summed E-state index contributed by atoms with van der Waals surface area (Å²) in [7, 11) is 1.70. The molecule has 27 heavy (non-hydrogen) atoms. The van der Waals surface area contributed by atoms with Crippen LogP contribution in [0.4, 0.5) is 0 Å². The van der Waals surface area contributed by atoms with E-state index in [0.717, 1.165) is 28.1 Å². The average molecular weight is 432 g/mol. The van der Waals surface area contributed by atoms with E-state index >= 15 is 0 Å². The molecule has 1 aliphatic carbocycles. The zero-order valence-electron chi connectivity index (χ0n) is 16.4. The third-order valence-electron chi connectivity index (χ3n) is 5.20. The molecule has 3 rings (SSSR count). The maximum absolute atomic E-state index is 6.07. The van der Waals surface area contributed by atoms with Crippen molar-refractivity contribution in [1.29, 1.82) is 0 Å². The topological polar surface area (TPSA) is 30.5 Å². The van der Waals surface area contributed by atoms with Crippen LogP contribution in [0.1, 0.15) is 55.2 Å². The van der Waals surface area contributed by atoms with Crippen molar-refractivity contribution in [2.75, 3.05) is 7.11 Å². The van der Waals surface area contributed by atoms with Crippen LogP contribution in [0.3, 0.4) is 0 Å². The number of hydrogen-bond donors (Lipinski definition) is 1. The average Bonchev–Trinajstić information content (AvgIpc) is 2.94. The van der Waals surface area contributed by atoms with Gasteiger partial charge < -0.3 is 14.8 Å². The van der Waals surface area contributed by atoms with Crippen LogP contribution in [-0.2, 0) is 13.2 Å². The van der Waals surface area contributed by atoms with Crippen LogP contribution in [0.15, 0.2) is 40.9 Å². The fraction of sp³-hybridized carbons (Fsp3) is 0.478. The van der Waals surface area contributed by atoms with Gasteiger partial charge in [-0.15, -0.1) is 0 Å². The van der Waals surface area contributed by atoms with Crippen molar-refractivity contribution in [3.05, 3.63) is 57.6 Å². The van der Waals surface area contributed by atoms with E-state index in [-0.39, 0.29) is 0 Å². The van der Waals surface area contributed by atoms with Gasteiger partial charge in [0.25, 0.3) is 0 Å². The highest BCUT2D eigenvalue weighted by Crippen LogP contribution is 2.37. The Morgan fingerprint density at radius 1 is 1.04 bits per heavy atom. The molecule has 1 fully saturated rings. The summed E-state index contributed by atoms with van der Waals surface area (Å²) in [6.45, 7) is 3.48. The van der Waals surface area contributed by atoms with Crippen molar-refractivity contribution in [2.45, 2.75) is 64.6 Å². The number of nitrogens with one attached hydrogen (secondary N) is 1. The standard InChI is InChI=1S/C23H30BrNO2/c1-17-8-7-9-18(12-17)16-27-23-21(24)13-19(14-22(23)26-2)15-25-20-10-5-3-4-6-11-20/h7-9,12-14,20,25H,3-6,10-11,15-16H2,1-2H3. The molecule has 1 N–H and O–H groups in total. The van der Waals surface area contributed by atoms with Crippen LogP contribution in [-0.4, -0.2) is 13.2 Å². The Labute approximate surface area is 171 Å². The lowest BCUT2D eigenvalue weighted by Gasteiger charge is -2.18. The number of aryl methyl sites for hydroxylation is 1. The van der Waals surface area contributed by atoms with E-state index in [0.29, 0.717) is 12.6 Å². The third-order valence-corrected chi connectivity index (χ3v) is 5.79. The molecule has 0 aromatic heterocycles. The summed E-state index contributed by atoms with van der Waals surface area (Å²) in [5, 5.41) is 3.72. The molecular formula is C23H30BrNO2. The minimum atomic E-state index is 0.524. The number of ether oxygens (including phenoxy) is 2. The summed E-state index contributed by atoms with van der Waals surface area (Å²) >= 11 is 3.67. The summed E-state index contributed by atoms with van der Waals surface area (Å²) in [5.74, 6) is 1.53. The van der Waals surface area contributed by atoms with Gasteiger partial charge in [0.05, 0.1) is 11.6 Å². The lowest BCUT2D eigenvalue weighted by Crippen LogP contribution is -2.27. The molecule has 1 saturated carbocycles. The van der Waals surface area contributed by atoms with Crippen LogP contribution in [0, 0.1) is 6.92 Å². The Bertz CT molecular complexity index is 739. The second-order valence-corrected chi connectivity index (χ2v) is 8.31. The number of hydrogen-bond acceptors (Lipinski definition) is 3. The summed E-state index contributed by atoms with van der Waals surface area (Å²) in [6, 6.07) is 13.2. The van der Waals surface area contributed by atoms with Crippen molar-refractivity contribution in [2.24, 2.45) is 0 Å². The smallest absolute Gasteiger partial charge is 0.175 e. The van der Waals surface area contributed by atoms with Crippen LogP contribution in [0.2, 0.25) is 0 Å². The van der Waals surface area contributed by atoms with E-state index in [4.69, 9.17) is 9.47 Å². The van der Waals surface area contributed by atoms with E-state index in [1.807, 2.05) is 0 Å². The molecule has 4 heteroatoms. The van der Waals surface area contributed by atoms with Crippen LogP contribution in [0.5, 0.6) is 11.5 Å². The van der Waals surface area contributed by atoms with Crippen LogP contribution in [0.25, 0.3) is 0 Å². The third kappa shape index (κ3) is 5.98. The van der Waals surface area contributed by atoms with Gasteiger partial charge in [-0.3, -0.25) is 0 Å². The first-order chi connectivity index (χ1) is 13.2. The van der Waals surface area contributed by atoms with Crippen LogP contribution < -0.4 is 14.8 Å². The van der Waals surface area contributed by atoms with Crippen LogP contribution >= 0.6 is 15.9 Å². The Balaban J connectivity index is 1.65. The molecule has 1 aliphatic rings. The normalized spacial score (nSPS) is 15.4. The lowest BCUT2D eigenvalue weighted by atomic mass is 10.1. The first-order valence-corrected chi connectivity index (χ1v) is 10.7. The first kappa shape index (κ1) is 20.2. The maximum Gasteiger partial charge on any atom is 0.175 e. The molecule has 0 spiro atoms. The van der Waals surface area contributed by atoms with Gasteiger partial charge in [-0.25, -0.2) is 0 Å². The molecule has 2 aromatic rings. The van der Waals surface area contributed by atoms with Gasteiger partial charge >= 0.3 is 0 Å². The summed E-state index contributed by atoms with van der Waals surface area (Å²) in [6.07, 6.45) is 8.02. The predicted octanol–water partition coefficient (Wildman–Crippen LogP) is 6.16. The van der Waals surface area contributed by atoms with Gasteiger partial charge in [0, 0.05) is 12.6 Å². The monoisotopic (exact) mass is 431 g/mol. The Morgan fingerprint density at radius 2 is 1.81 bits per heavy atom. The molecule has 2 aromatic carbocycles. The van der Waals surface area contributed by atoms with E-state index < -0.39 is 0 Å². The van der Waals surface area contributed by atoms with Gasteiger partial charge in [-0.1, -0.05) is 55.5 Å². The highest BCUT2D eigenvalue weighted by atomic mass is 79.9. The molecule has 146 valence electrons. The molecule has 0 atom stereocenters. The predicted molar refractivity (Wildman–Crippen MR) is 115 cm³/mol. The molecule has 0 bridgehead atoms. The lowest BCUT2D eigenvalue weighted by molar-refractivity contribution is 0.282. The fourth-order valence-electron chi connectivity index (χ4n) is 3.72. The zero-order chi connectivity index (χ0) is 19.1. The van der Waals surface area contributed by atoms with E-state index in [1.54, 1.807) is 7.11 Å². The minimum absolute atomic E-state index is 0.524. The summed E-state index contributed by atoms with van der Waals surface area (Å²) < 4.78 is 12.6. The quantitative estimate of drug-likeness (QED) is 0.532. The van der Waals surface area contributed by atoms with Crippen molar-refractivity contribution >= 4 is 15.9 Å². The van der Waals surface area contributed by atoms with Gasteiger partial charge in [-0.05, 0) is 59.0 Å². The van der Waals surface area contributed by atoms with Crippen molar-refractivity contribution in [3.8, 4) is 11.5 Å². The van der Waals surface area contributed by atoms with Gasteiger partial charge in [0.2, 0.25) is 0 Å². The van der Waals surface area contributed by atoms with E-state index in [9.17, 15) is 0 Å². The molecule has 3 nitrogen and oxygen atoms in total. The molecular weight excluding hydrogens is 402 g/mol. The second-order valence-electron chi connectivity index (χ2n) is 7.46. The van der Waals surface area contributed by atoms with Crippen molar-refractivity contribution in [1.82, 2.24) is 5.32 Å². The zero-order valence-corrected chi connectivity index (χ0v) is 18.0. The Morgan fingerprint density at radius 3 is 2.52 bits per heavy atom. The van der Waals surface area contributed by atoms with Gasteiger partial charge in [0.15, 0.2) is 11.5 Å². The largest absolute Gasteiger partial charge is 0.493 e. The van der Waals surface area contributed by atoms with Crippen molar-refractivity contribution in [3.63, 3.8) is 0 Å². The summed E-state index contributed by atoms with van der Waals surface area (Å²) in [5.41, 5.74) is 3.61. The Kier molecular flexibility index (Phi) is 7.59. The number of rotatable bonds is 7. The van der Waals surface area contributed by atoms with Gasteiger partial charge in [0.1, 0.15) is 6.61 Å².